The van der Waals surface area contributed by atoms with Gasteiger partial charge in [-0.1, -0.05) is 24.8 Å². The third kappa shape index (κ3) is 3.00. The molecule has 0 saturated heterocycles. The molecule has 0 unspecified atom stereocenters. The first-order valence-electron chi connectivity index (χ1n) is 8.31. The summed E-state index contributed by atoms with van der Waals surface area (Å²) in [5.74, 6) is -0.504. The number of carbonyl (C=O) groups excluding carboxylic acids is 1. The van der Waals surface area contributed by atoms with E-state index in [1.165, 1.54) is 11.4 Å². The zero-order valence-electron chi connectivity index (χ0n) is 15.4. The van der Waals surface area contributed by atoms with Gasteiger partial charge in [0, 0.05) is 24.0 Å². The van der Waals surface area contributed by atoms with Crippen molar-refractivity contribution < 1.29 is 13.2 Å². The van der Waals surface area contributed by atoms with E-state index in [0.717, 1.165) is 33.0 Å². The molecule has 1 aromatic heterocycles. The average Bonchev–Trinajstić information content (AvgIpc) is 3.02. The maximum atomic E-state index is 12.2. The Morgan fingerprint density at radius 2 is 1.89 bits per heavy atom. The van der Waals surface area contributed by atoms with Crippen molar-refractivity contribution in [3.8, 4) is 11.1 Å². The molecule has 27 heavy (non-hydrogen) atoms. The Morgan fingerprint density at radius 3 is 2.52 bits per heavy atom. The molecular formula is C20H21N3O3S. The number of nitrogens with zero attached hydrogens (tertiary/aromatic N) is 1. The molecule has 3 aromatic rings. The van der Waals surface area contributed by atoms with Gasteiger partial charge in [-0.2, -0.15) is 0 Å². The molecule has 3 rings (SSSR count). The van der Waals surface area contributed by atoms with Crippen LogP contribution in [0.5, 0.6) is 0 Å². The maximum absolute atomic E-state index is 12.2. The highest BCUT2D eigenvalue weighted by Crippen LogP contribution is 2.37. The minimum Gasteiger partial charge on any atom is -0.366 e. The van der Waals surface area contributed by atoms with Crippen LogP contribution in [0.3, 0.4) is 0 Å². The van der Waals surface area contributed by atoms with Crippen molar-refractivity contribution >= 4 is 32.5 Å². The fourth-order valence-electron chi connectivity index (χ4n) is 3.35. The number of hydrogen-bond acceptors (Lipinski definition) is 3. The number of anilines is 1. The number of H-pyrrole nitrogens is 1. The van der Waals surface area contributed by atoms with Gasteiger partial charge in [0.2, 0.25) is 0 Å². The second kappa shape index (κ2) is 6.59. The molecule has 6 nitrogen and oxygen atoms in total. The minimum absolute atomic E-state index is 0.419. The monoisotopic (exact) mass is 383 g/mol. The largest absolute Gasteiger partial charge is 0.366 e. The number of amides is 1. The molecule has 0 aliphatic rings. The van der Waals surface area contributed by atoms with Crippen LogP contribution in [-0.4, -0.2) is 26.4 Å². The SMILES string of the molecule is C=CS(=O)(=O)N(C)c1cccc(-c2ccc(C(N)=O)c3[nH]cc(C)c23)c1C. The molecule has 0 saturated carbocycles. The van der Waals surface area contributed by atoms with Crippen LogP contribution >= 0.6 is 0 Å². The number of fused-ring (bicyclic) bond motifs is 1. The van der Waals surface area contributed by atoms with Crippen LogP contribution in [0, 0.1) is 13.8 Å². The summed E-state index contributed by atoms with van der Waals surface area (Å²) in [6, 6.07) is 9.02. The molecule has 7 heteroatoms. The lowest BCUT2D eigenvalue weighted by molar-refractivity contribution is 0.100. The topological polar surface area (TPSA) is 96.3 Å². The first kappa shape index (κ1) is 18.7. The normalized spacial score (nSPS) is 11.5. The highest BCUT2D eigenvalue weighted by atomic mass is 32.2. The van der Waals surface area contributed by atoms with Gasteiger partial charge in [0.15, 0.2) is 0 Å². The Kier molecular flexibility index (Phi) is 4.57. The van der Waals surface area contributed by atoms with Crippen LogP contribution in [0.2, 0.25) is 0 Å². The summed E-state index contributed by atoms with van der Waals surface area (Å²) in [7, 11) is -2.10. The Bertz CT molecular complexity index is 1180. The van der Waals surface area contributed by atoms with Gasteiger partial charge in [-0.15, -0.1) is 0 Å². The van der Waals surface area contributed by atoms with Crippen molar-refractivity contribution in [2.75, 3.05) is 11.4 Å². The second-order valence-corrected chi connectivity index (χ2v) is 8.29. The molecular weight excluding hydrogens is 362 g/mol. The van der Waals surface area contributed by atoms with E-state index in [4.69, 9.17) is 5.73 Å². The lowest BCUT2D eigenvalue weighted by Gasteiger charge is -2.21. The van der Waals surface area contributed by atoms with E-state index in [2.05, 4.69) is 11.6 Å². The van der Waals surface area contributed by atoms with E-state index in [1.807, 2.05) is 38.2 Å². The fourth-order valence-corrected chi connectivity index (χ4v) is 4.05. The van der Waals surface area contributed by atoms with Gasteiger partial charge in [0.1, 0.15) is 0 Å². The number of aromatic amines is 1. The van der Waals surface area contributed by atoms with Gasteiger partial charge in [-0.05, 0) is 48.2 Å². The van der Waals surface area contributed by atoms with Crippen LogP contribution in [0.1, 0.15) is 21.5 Å². The molecule has 0 radical (unpaired) electrons. The summed E-state index contributed by atoms with van der Waals surface area (Å²) in [6.07, 6.45) is 1.83. The van der Waals surface area contributed by atoms with Crippen LogP contribution in [0.15, 0.2) is 48.5 Å². The summed E-state index contributed by atoms with van der Waals surface area (Å²) < 4.78 is 25.6. The third-order valence-corrected chi connectivity index (χ3v) is 6.21. The van der Waals surface area contributed by atoms with Crippen molar-refractivity contribution in [2.24, 2.45) is 5.73 Å². The van der Waals surface area contributed by atoms with Crippen LogP contribution in [-0.2, 0) is 10.0 Å². The zero-order valence-corrected chi connectivity index (χ0v) is 16.2. The van der Waals surface area contributed by atoms with Crippen LogP contribution < -0.4 is 10.0 Å². The van der Waals surface area contributed by atoms with E-state index < -0.39 is 15.9 Å². The first-order chi connectivity index (χ1) is 12.7. The molecule has 0 fully saturated rings. The fraction of sp³-hybridized carbons (Fsp3) is 0.150. The number of sulfonamides is 1. The maximum Gasteiger partial charge on any atom is 0.256 e. The highest BCUT2D eigenvalue weighted by Gasteiger charge is 2.20. The van der Waals surface area contributed by atoms with E-state index in [1.54, 1.807) is 12.1 Å². The predicted molar refractivity (Wildman–Crippen MR) is 109 cm³/mol. The van der Waals surface area contributed by atoms with Crippen molar-refractivity contribution in [3.05, 3.63) is 65.2 Å². The van der Waals surface area contributed by atoms with Crippen molar-refractivity contribution in [3.63, 3.8) is 0 Å². The smallest absolute Gasteiger partial charge is 0.256 e. The number of rotatable bonds is 5. The number of aromatic nitrogens is 1. The number of nitrogens with two attached hydrogens (primary N) is 1. The Labute approximate surface area is 158 Å². The number of carbonyl (C=O) groups is 1. The summed E-state index contributed by atoms with van der Waals surface area (Å²) in [5.41, 5.74) is 10.7. The summed E-state index contributed by atoms with van der Waals surface area (Å²) in [5, 5.41) is 1.82. The lowest BCUT2D eigenvalue weighted by atomic mass is 9.93. The number of benzene rings is 2. The van der Waals surface area contributed by atoms with Crippen LogP contribution in [0.4, 0.5) is 5.69 Å². The molecule has 0 bridgehead atoms. The van der Waals surface area contributed by atoms with Crippen molar-refractivity contribution in [1.82, 2.24) is 4.98 Å². The van der Waals surface area contributed by atoms with Gasteiger partial charge in [-0.3, -0.25) is 9.10 Å². The molecule has 3 N–H and O–H groups in total. The molecule has 0 spiro atoms. The molecule has 0 aliphatic heterocycles. The lowest BCUT2D eigenvalue weighted by Crippen LogP contribution is -2.24. The summed E-state index contributed by atoms with van der Waals surface area (Å²) >= 11 is 0. The van der Waals surface area contributed by atoms with E-state index >= 15 is 0 Å². The van der Waals surface area contributed by atoms with Crippen molar-refractivity contribution in [2.45, 2.75) is 13.8 Å². The number of nitrogens with one attached hydrogen (secondary N) is 1. The van der Waals surface area contributed by atoms with Crippen molar-refractivity contribution in [1.29, 1.82) is 0 Å². The van der Waals surface area contributed by atoms with E-state index in [9.17, 15) is 13.2 Å². The summed E-state index contributed by atoms with van der Waals surface area (Å²) in [4.78, 5) is 14.9. The quantitative estimate of drug-likeness (QED) is 0.706. The zero-order chi connectivity index (χ0) is 19.9. The van der Waals surface area contributed by atoms with Gasteiger partial charge in [0.05, 0.1) is 16.8 Å². The Hall–Kier alpha value is -3.06. The Balaban J connectivity index is 2.29. The van der Waals surface area contributed by atoms with Crippen LogP contribution in [0.25, 0.3) is 22.0 Å². The van der Waals surface area contributed by atoms with Gasteiger partial charge in [0.25, 0.3) is 15.9 Å². The molecule has 1 heterocycles. The number of primary amides is 1. The third-order valence-electron chi connectivity index (χ3n) is 4.83. The molecule has 0 aliphatic carbocycles. The predicted octanol–water partition coefficient (Wildman–Crippen LogP) is 3.46. The molecule has 0 atom stereocenters. The first-order valence-corrected chi connectivity index (χ1v) is 9.81. The van der Waals surface area contributed by atoms with Gasteiger partial charge >= 0.3 is 0 Å². The molecule has 1 amide bonds. The standard InChI is InChI=1S/C20H21N3O3S/c1-5-27(25,26)23(4)17-8-6-7-14(13(17)3)15-9-10-16(20(21)24)19-18(15)12(2)11-22-19/h5-11,22H,1H2,2-4H3,(H2,21,24). The van der Waals surface area contributed by atoms with Gasteiger partial charge in [-0.25, -0.2) is 8.42 Å². The average molecular weight is 383 g/mol. The highest BCUT2D eigenvalue weighted by molar-refractivity contribution is 7.95. The molecule has 2 aromatic carbocycles. The minimum atomic E-state index is -3.60. The Morgan fingerprint density at radius 1 is 1.19 bits per heavy atom. The summed E-state index contributed by atoms with van der Waals surface area (Å²) in [6.45, 7) is 7.20. The molecule has 140 valence electrons. The van der Waals surface area contributed by atoms with E-state index in [0.29, 0.717) is 16.8 Å². The van der Waals surface area contributed by atoms with E-state index in [-0.39, 0.29) is 0 Å². The second-order valence-electron chi connectivity index (χ2n) is 6.38. The van der Waals surface area contributed by atoms with Gasteiger partial charge < -0.3 is 10.7 Å². The number of aryl methyl sites for hydroxylation is 1. The number of hydrogen-bond donors (Lipinski definition) is 2.